The Bertz CT molecular complexity index is 202. The van der Waals surface area contributed by atoms with Crippen LogP contribution in [0.25, 0.3) is 0 Å². The number of hydrogen-bond acceptors (Lipinski definition) is 3. The van der Waals surface area contributed by atoms with E-state index < -0.39 is 12.8 Å². The first-order valence-corrected chi connectivity index (χ1v) is 5.75. The van der Waals surface area contributed by atoms with Crippen molar-refractivity contribution >= 4 is 0 Å². The molecule has 0 saturated carbocycles. The van der Waals surface area contributed by atoms with Crippen LogP contribution in [0.15, 0.2) is 0 Å². The van der Waals surface area contributed by atoms with Gasteiger partial charge >= 0.3 is 6.18 Å². The molecule has 0 spiro atoms. The largest absolute Gasteiger partial charge is 0.411 e. The molecular formula is C11H23F3N2O. The third-order valence-corrected chi connectivity index (χ3v) is 2.35. The number of hydrazine groups is 1. The Morgan fingerprint density at radius 3 is 2.18 bits per heavy atom. The number of ether oxygens (including phenoxy) is 1. The number of rotatable bonds is 7. The zero-order valence-corrected chi connectivity index (χ0v) is 10.7. The third kappa shape index (κ3) is 11.9. The predicted octanol–water partition coefficient (Wildman–Crippen LogP) is 2.61. The molecule has 17 heavy (non-hydrogen) atoms. The average molecular weight is 256 g/mol. The lowest BCUT2D eigenvalue weighted by atomic mass is 9.88. The summed E-state index contributed by atoms with van der Waals surface area (Å²) in [6, 6.07) is 0.00228. The van der Waals surface area contributed by atoms with Gasteiger partial charge in [0.1, 0.15) is 6.61 Å². The van der Waals surface area contributed by atoms with E-state index in [1.54, 1.807) is 0 Å². The highest BCUT2D eigenvalue weighted by Gasteiger charge is 2.27. The van der Waals surface area contributed by atoms with Crippen LogP contribution in [0.5, 0.6) is 0 Å². The Morgan fingerprint density at radius 2 is 1.76 bits per heavy atom. The molecule has 104 valence electrons. The number of nitrogens with one attached hydrogen (secondary N) is 1. The van der Waals surface area contributed by atoms with Gasteiger partial charge in [0.25, 0.3) is 0 Å². The minimum absolute atomic E-state index is 0.00228. The topological polar surface area (TPSA) is 47.3 Å². The summed E-state index contributed by atoms with van der Waals surface area (Å²) >= 11 is 0. The summed E-state index contributed by atoms with van der Waals surface area (Å²) in [6.45, 7) is 5.21. The highest BCUT2D eigenvalue weighted by Crippen LogP contribution is 2.22. The predicted molar refractivity (Wildman–Crippen MR) is 61.3 cm³/mol. The van der Waals surface area contributed by atoms with Crippen LogP contribution in [0.3, 0.4) is 0 Å². The van der Waals surface area contributed by atoms with Crippen molar-refractivity contribution in [1.29, 1.82) is 0 Å². The summed E-state index contributed by atoms with van der Waals surface area (Å²) in [4.78, 5) is 0. The van der Waals surface area contributed by atoms with Crippen LogP contribution in [-0.2, 0) is 4.74 Å². The van der Waals surface area contributed by atoms with Gasteiger partial charge in [-0.1, -0.05) is 20.8 Å². The summed E-state index contributed by atoms with van der Waals surface area (Å²) < 4.78 is 39.9. The third-order valence-electron chi connectivity index (χ3n) is 2.35. The van der Waals surface area contributed by atoms with E-state index in [2.05, 4.69) is 30.9 Å². The maximum absolute atomic E-state index is 11.8. The zero-order valence-electron chi connectivity index (χ0n) is 10.7. The van der Waals surface area contributed by atoms with Crippen molar-refractivity contribution in [2.45, 2.75) is 52.3 Å². The Balaban J connectivity index is 3.69. The van der Waals surface area contributed by atoms with Crippen molar-refractivity contribution in [2.75, 3.05) is 13.2 Å². The van der Waals surface area contributed by atoms with Crippen molar-refractivity contribution in [3.8, 4) is 0 Å². The minimum Gasteiger partial charge on any atom is -0.372 e. The molecule has 0 bridgehead atoms. The molecule has 3 N–H and O–H groups in total. The lowest BCUT2D eigenvalue weighted by Gasteiger charge is -2.22. The highest BCUT2D eigenvalue weighted by molar-refractivity contribution is 4.69. The fraction of sp³-hybridized carbons (Fsp3) is 1.00. The molecule has 0 aliphatic rings. The van der Waals surface area contributed by atoms with E-state index in [9.17, 15) is 13.2 Å². The van der Waals surface area contributed by atoms with Gasteiger partial charge in [0.05, 0.1) is 0 Å². The normalized spacial score (nSPS) is 15.0. The van der Waals surface area contributed by atoms with Crippen molar-refractivity contribution in [3.05, 3.63) is 0 Å². The van der Waals surface area contributed by atoms with Crippen molar-refractivity contribution in [3.63, 3.8) is 0 Å². The molecule has 0 fully saturated rings. The van der Waals surface area contributed by atoms with E-state index >= 15 is 0 Å². The summed E-state index contributed by atoms with van der Waals surface area (Å²) in [5.41, 5.74) is 2.81. The molecular weight excluding hydrogens is 233 g/mol. The maximum atomic E-state index is 11.8. The van der Waals surface area contributed by atoms with Gasteiger partial charge in [0.2, 0.25) is 0 Å². The van der Waals surface area contributed by atoms with Crippen LogP contribution in [0.2, 0.25) is 0 Å². The molecule has 0 aromatic heterocycles. The molecule has 0 saturated heterocycles. The molecule has 1 unspecified atom stereocenters. The van der Waals surface area contributed by atoms with Gasteiger partial charge < -0.3 is 4.74 Å². The lowest BCUT2D eigenvalue weighted by molar-refractivity contribution is -0.174. The van der Waals surface area contributed by atoms with Crippen molar-refractivity contribution in [1.82, 2.24) is 5.43 Å². The molecule has 0 aliphatic heterocycles. The smallest absolute Gasteiger partial charge is 0.372 e. The van der Waals surface area contributed by atoms with Crippen LogP contribution >= 0.6 is 0 Å². The maximum Gasteiger partial charge on any atom is 0.411 e. The number of hydrogen-bond donors (Lipinski definition) is 2. The molecule has 6 heteroatoms. The quantitative estimate of drug-likeness (QED) is 0.418. The molecule has 1 atom stereocenters. The van der Waals surface area contributed by atoms with Crippen LogP contribution in [-0.4, -0.2) is 25.4 Å². The first kappa shape index (κ1) is 16.7. The molecule has 0 aromatic rings. The van der Waals surface area contributed by atoms with Gasteiger partial charge in [0, 0.05) is 12.6 Å². The molecule has 0 aromatic carbocycles. The van der Waals surface area contributed by atoms with E-state index in [0.29, 0.717) is 6.42 Å². The summed E-state index contributed by atoms with van der Waals surface area (Å²) in [7, 11) is 0. The Morgan fingerprint density at radius 1 is 1.18 bits per heavy atom. The molecule has 0 aliphatic carbocycles. The molecule has 0 radical (unpaired) electrons. The highest BCUT2D eigenvalue weighted by atomic mass is 19.4. The van der Waals surface area contributed by atoms with Crippen LogP contribution in [0.1, 0.15) is 40.0 Å². The second kappa shape index (κ2) is 7.18. The first-order chi connectivity index (χ1) is 7.64. The minimum atomic E-state index is -4.25. The Labute approximate surface area is 101 Å². The SMILES string of the molecule is CC(C)(C)CCC(CCOCC(F)(F)F)NN. The van der Waals surface area contributed by atoms with Crippen LogP contribution in [0.4, 0.5) is 13.2 Å². The fourth-order valence-electron chi connectivity index (χ4n) is 1.33. The van der Waals surface area contributed by atoms with E-state index in [0.717, 1.165) is 12.8 Å². The lowest BCUT2D eigenvalue weighted by Crippen LogP contribution is -2.37. The number of alkyl halides is 3. The van der Waals surface area contributed by atoms with Gasteiger partial charge in [-0.05, 0) is 24.7 Å². The van der Waals surface area contributed by atoms with Crippen LogP contribution < -0.4 is 11.3 Å². The summed E-state index contributed by atoms with van der Waals surface area (Å²) in [5, 5.41) is 0. The first-order valence-electron chi connectivity index (χ1n) is 5.75. The van der Waals surface area contributed by atoms with E-state index in [4.69, 9.17) is 5.84 Å². The molecule has 0 heterocycles. The van der Waals surface area contributed by atoms with E-state index in [1.807, 2.05) is 0 Å². The zero-order chi connectivity index (χ0) is 13.5. The van der Waals surface area contributed by atoms with Crippen LogP contribution in [0, 0.1) is 5.41 Å². The standard InChI is InChI=1S/C11H23F3N2O/c1-10(2,3)6-4-9(16-15)5-7-17-8-11(12,13)14/h9,16H,4-8,15H2,1-3H3. The Hall–Kier alpha value is -0.330. The second-order valence-corrected chi connectivity index (χ2v) is 5.42. The second-order valence-electron chi connectivity index (χ2n) is 5.42. The van der Waals surface area contributed by atoms with Gasteiger partial charge in [-0.25, -0.2) is 0 Å². The fourth-order valence-corrected chi connectivity index (χ4v) is 1.33. The number of halogens is 3. The molecule has 0 rings (SSSR count). The van der Waals surface area contributed by atoms with Gasteiger partial charge in [-0.2, -0.15) is 13.2 Å². The summed E-state index contributed by atoms with van der Waals surface area (Å²) in [5.74, 6) is 5.34. The molecule has 3 nitrogen and oxygen atoms in total. The average Bonchev–Trinajstić information content (AvgIpc) is 2.13. The van der Waals surface area contributed by atoms with Gasteiger partial charge in [0.15, 0.2) is 0 Å². The summed E-state index contributed by atoms with van der Waals surface area (Å²) in [6.07, 6.45) is -1.98. The van der Waals surface area contributed by atoms with Gasteiger partial charge in [-0.15, -0.1) is 0 Å². The Kier molecular flexibility index (Phi) is 7.04. The van der Waals surface area contributed by atoms with Crippen molar-refractivity contribution < 1.29 is 17.9 Å². The molecule has 0 amide bonds. The number of nitrogens with two attached hydrogens (primary N) is 1. The van der Waals surface area contributed by atoms with E-state index in [1.165, 1.54) is 0 Å². The van der Waals surface area contributed by atoms with Crippen molar-refractivity contribution in [2.24, 2.45) is 11.3 Å². The van der Waals surface area contributed by atoms with E-state index in [-0.39, 0.29) is 18.1 Å². The van der Waals surface area contributed by atoms with Gasteiger partial charge in [-0.3, -0.25) is 11.3 Å². The monoisotopic (exact) mass is 256 g/mol.